The van der Waals surface area contributed by atoms with Gasteiger partial charge in [-0.15, -0.1) is 0 Å². The number of hydrogen-bond acceptors (Lipinski definition) is 3. The van der Waals surface area contributed by atoms with Gasteiger partial charge in [0.1, 0.15) is 0 Å². The number of amides is 1. The third kappa shape index (κ3) is 1.91. The Morgan fingerprint density at radius 2 is 2.06 bits per heavy atom. The molecule has 0 spiro atoms. The van der Waals surface area contributed by atoms with E-state index in [4.69, 9.17) is 0 Å². The standard InChI is InChI=1S/C9H11F3N2O2/c10-9(11,12)7-4-8(16)14(13-7)5-2-1-3-6(5)15/h5-6,15H,1-4H2. The average Bonchev–Trinajstić information content (AvgIpc) is 2.70. The summed E-state index contributed by atoms with van der Waals surface area (Å²) in [5, 5.41) is 13.6. The van der Waals surface area contributed by atoms with Crippen LogP contribution in [0, 0.1) is 0 Å². The number of aliphatic hydroxyl groups is 1. The minimum atomic E-state index is -4.56. The van der Waals surface area contributed by atoms with E-state index >= 15 is 0 Å². The Labute approximate surface area is 89.7 Å². The molecule has 1 saturated carbocycles. The van der Waals surface area contributed by atoms with Gasteiger partial charge in [-0.1, -0.05) is 0 Å². The highest BCUT2D eigenvalue weighted by atomic mass is 19.4. The van der Waals surface area contributed by atoms with E-state index in [2.05, 4.69) is 5.10 Å². The van der Waals surface area contributed by atoms with Crippen LogP contribution in [0.4, 0.5) is 13.2 Å². The minimum Gasteiger partial charge on any atom is -0.391 e. The van der Waals surface area contributed by atoms with Gasteiger partial charge in [0.25, 0.3) is 0 Å². The van der Waals surface area contributed by atoms with Crippen LogP contribution in [-0.4, -0.2) is 40.1 Å². The second-order valence-corrected chi connectivity index (χ2v) is 4.03. The molecule has 1 aliphatic heterocycles. The molecule has 2 rings (SSSR count). The smallest absolute Gasteiger partial charge is 0.391 e. The van der Waals surface area contributed by atoms with E-state index in [1.807, 2.05) is 0 Å². The normalized spacial score (nSPS) is 31.1. The largest absolute Gasteiger partial charge is 0.431 e. The van der Waals surface area contributed by atoms with Crippen LogP contribution in [0.15, 0.2) is 5.10 Å². The van der Waals surface area contributed by atoms with Crippen molar-refractivity contribution in [3.63, 3.8) is 0 Å². The summed E-state index contributed by atoms with van der Waals surface area (Å²) in [6, 6.07) is -0.590. The van der Waals surface area contributed by atoms with Gasteiger partial charge in [-0.25, -0.2) is 5.01 Å². The summed E-state index contributed by atoms with van der Waals surface area (Å²) in [4.78, 5) is 11.4. The second-order valence-electron chi connectivity index (χ2n) is 4.03. The molecule has 2 atom stereocenters. The number of alkyl halides is 3. The molecule has 0 saturated heterocycles. The lowest BCUT2D eigenvalue weighted by Gasteiger charge is -2.22. The molecule has 2 aliphatic rings. The third-order valence-electron chi connectivity index (χ3n) is 2.89. The van der Waals surface area contributed by atoms with Crippen molar-refractivity contribution in [1.82, 2.24) is 5.01 Å². The third-order valence-corrected chi connectivity index (χ3v) is 2.89. The number of carbonyl (C=O) groups is 1. The molecule has 16 heavy (non-hydrogen) atoms. The predicted octanol–water partition coefficient (Wildman–Crippen LogP) is 1.05. The number of hydrogen-bond donors (Lipinski definition) is 1. The first-order valence-electron chi connectivity index (χ1n) is 5.04. The number of aliphatic hydroxyl groups excluding tert-OH is 1. The van der Waals surface area contributed by atoms with Crippen LogP contribution < -0.4 is 0 Å². The van der Waals surface area contributed by atoms with Gasteiger partial charge in [0.15, 0.2) is 5.71 Å². The Hall–Kier alpha value is -1.11. The van der Waals surface area contributed by atoms with Crippen LogP contribution in [0.5, 0.6) is 0 Å². The summed E-state index contributed by atoms with van der Waals surface area (Å²) in [6.45, 7) is 0. The van der Waals surface area contributed by atoms with Gasteiger partial charge in [-0.05, 0) is 19.3 Å². The van der Waals surface area contributed by atoms with Crippen molar-refractivity contribution in [3.8, 4) is 0 Å². The first-order chi connectivity index (χ1) is 7.39. The maximum Gasteiger partial charge on any atom is 0.431 e. The Morgan fingerprint density at radius 3 is 2.50 bits per heavy atom. The number of hydrazone groups is 1. The average molecular weight is 236 g/mol. The van der Waals surface area contributed by atoms with E-state index in [0.717, 1.165) is 5.01 Å². The second kappa shape index (κ2) is 3.73. The molecule has 1 fully saturated rings. The fourth-order valence-corrected chi connectivity index (χ4v) is 2.07. The summed E-state index contributed by atoms with van der Waals surface area (Å²) in [7, 11) is 0. The molecule has 7 heteroatoms. The number of nitrogens with zero attached hydrogens (tertiary/aromatic N) is 2. The lowest BCUT2D eigenvalue weighted by Crippen LogP contribution is -2.38. The molecule has 1 aliphatic carbocycles. The van der Waals surface area contributed by atoms with E-state index in [1.54, 1.807) is 0 Å². The number of rotatable bonds is 1. The van der Waals surface area contributed by atoms with Crippen LogP contribution in [0.2, 0.25) is 0 Å². The highest BCUT2D eigenvalue weighted by molar-refractivity contribution is 6.07. The lowest BCUT2D eigenvalue weighted by atomic mass is 10.2. The van der Waals surface area contributed by atoms with E-state index in [0.29, 0.717) is 19.3 Å². The molecule has 0 aromatic heterocycles. The Bertz CT molecular complexity index is 340. The van der Waals surface area contributed by atoms with Crippen molar-refractivity contribution in [2.75, 3.05) is 0 Å². The molecule has 1 N–H and O–H groups in total. The van der Waals surface area contributed by atoms with Gasteiger partial charge in [0, 0.05) is 0 Å². The topological polar surface area (TPSA) is 52.9 Å². The van der Waals surface area contributed by atoms with Crippen molar-refractivity contribution in [2.45, 2.75) is 44.0 Å². The molecule has 0 aromatic carbocycles. The van der Waals surface area contributed by atoms with Crippen molar-refractivity contribution >= 4 is 11.6 Å². The minimum absolute atomic E-state index is 0.502. The molecule has 0 radical (unpaired) electrons. The summed E-state index contributed by atoms with van der Waals surface area (Å²) in [5.74, 6) is -0.682. The molecule has 0 aromatic rings. The van der Waals surface area contributed by atoms with Crippen molar-refractivity contribution < 1.29 is 23.1 Å². The first kappa shape index (κ1) is 11.4. The highest BCUT2D eigenvalue weighted by Crippen LogP contribution is 2.31. The van der Waals surface area contributed by atoms with Gasteiger partial charge < -0.3 is 5.11 Å². The molecule has 0 bridgehead atoms. The van der Waals surface area contributed by atoms with Gasteiger partial charge in [-0.3, -0.25) is 4.79 Å². The van der Waals surface area contributed by atoms with Crippen LogP contribution in [-0.2, 0) is 4.79 Å². The maximum atomic E-state index is 12.3. The number of halogens is 3. The summed E-state index contributed by atoms with van der Waals surface area (Å²) < 4.78 is 37.0. The fraction of sp³-hybridized carbons (Fsp3) is 0.778. The lowest BCUT2D eigenvalue weighted by molar-refractivity contribution is -0.132. The monoisotopic (exact) mass is 236 g/mol. The predicted molar refractivity (Wildman–Crippen MR) is 48.6 cm³/mol. The zero-order valence-electron chi connectivity index (χ0n) is 8.37. The summed E-state index contributed by atoms with van der Waals surface area (Å²) >= 11 is 0. The molecule has 2 unspecified atom stereocenters. The zero-order chi connectivity index (χ0) is 11.9. The molecule has 1 heterocycles. The van der Waals surface area contributed by atoms with Crippen LogP contribution >= 0.6 is 0 Å². The van der Waals surface area contributed by atoms with E-state index in [9.17, 15) is 23.1 Å². The van der Waals surface area contributed by atoms with Gasteiger partial charge in [0.2, 0.25) is 5.91 Å². The Balaban J connectivity index is 2.17. The van der Waals surface area contributed by atoms with Gasteiger partial charge in [0.05, 0.1) is 18.6 Å². The Kier molecular flexibility index (Phi) is 2.65. The van der Waals surface area contributed by atoms with Crippen LogP contribution in [0.3, 0.4) is 0 Å². The zero-order valence-corrected chi connectivity index (χ0v) is 8.37. The van der Waals surface area contributed by atoms with Gasteiger partial charge in [-0.2, -0.15) is 18.3 Å². The highest BCUT2D eigenvalue weighted by Gasteiger charge is 2.45. The maximum absolute atomic E-state index is 12.3. The summed E-state index contributed by atoms with van der Waals surface area (Å²) in [6.07, 6.45) is -4.33. The van der Waals surface area contributed by atoms with Crippen molar-refractivity contribution in [2.24, 2.45) is 5.10 Å². The quantitative estimate of drug-likeness (QED) is 0.739. The molecule has 90 valence electrons. The molecule has 1 amide bonds. The number of carbonyl (C=O) groups excluding carboxylic acids is 1. The van der Waals surface area contributed by atoms with Crippen LogP contribution in [0.25, 0.3) is 0 Å². The molecule has 4 nitrogen and oxygen atoms in total. The van der Waals surface area contributed by atoms with Crippen LogP contribution in [0.1, 0.15) is 25.7 Å². The fourth-order valence-electron chi connectivity index (χ4n) is 2.07. The SMILES string of the molecule is O=C1CC(C(F)(F)F)=NN1C1CCCC1O. The van der Waals surface area contributed by atoms with E-state index in [-0.39, 0.29) is 0 Å². The van der Waals surface area contributed by atoms with Crippen molar-refractivity contribution in [1.29, 1.82) is 0 Å². The Morgan fingerprint density at radius 1 is 1.38 bits per heavy atom. The molecular formula is C9H11F3N2O2. The van der Waals surface area contributed by atoms with E-state index in [1.165, 1.54) is 0 Å². The molecular weight excluding hydrogens is 225 g/mol. The van der Waals surface area contributed by atoms with Gasteiger partial charge >= 0.3 is 6.18 Å². The van der Waals surface area contributed by atoms with E-state index < -0.39 is 36.4 Å². The summed E-state index contributed by atoms with van der Waals surface area (Å²) in [5.41, 5.74) is -1.07. The first-order valence-corrected chi connectivity index (χ1v) is 5.04. The van der Waals surface area contributed by atoms with Crippen molar-refractivity contribution in [3.05, 3.63) is 0 Å².